The molecule has 1 aliphatic heterocycles. The topological polar surface area (TPSA) is 53.9 Å². The summed E-state index contributed by atoms with van der Waals surface area (Å²) in [5, 5.41) is 5.21. The van der Waals surface area contributed by atoms with E-state index < -0.39 is 0 Å². The van der Waals surface area contributed by atoms with Crippen molar-refractivity contribution >= 4 is 41.3 Å². The normalized spacial score (nSPS) is 13.5. The second kappa shape index (κ2) is 7.99. The van der Waals surface area contributed by atoms with Crippen LogP contribution in [0.1, 0.15) is 11.8 Å². The van der Waals surface area contributed by atoms with E-state index in [9.17, 15) is 4.79 Å². The van der Waals surface area contributed by atoms with Crippen LogP contribution in [-0.4, -0.2) is 29.9 Å². The average molecular weight is 352 g/mol. The fourth-order valence-corrected chi connectivity index (χ4v) is 2.88. The smallest absolute Gasteiger partial charge is 0.251 e. The lowest BCUT2D eigenvalue weighted by Gasteiger charge is -2.18. The van der Waals surface area contributed by atoms with Gasteiger partial charge in [0, 0.05) is 10.6 Å². The predicted molar refractivity (Wildman–Crippen MR) is 95.7 cm³/mol. The van der Waals surface area contributed by atoms with Gasteiger partial charge >= 0.3 is 0 Å². The highest BCUT2D eigenvalue weighted by molar-refractivity contribution is 7.09. The number of carbonyl (C=O) groups is 1. The molecule has 0 saturated carbocycles. The number of amides is 1. The standard InChI is InChI=1S/C16H17N3O2S.ClH/c1-2-21-13-7-5-12(6-8-13)18-16-17-10-15(20)19(16)11-14-4-3-9-22-14;/h3-9H,2,10-11H2,1H3,(H,17,18);1H. The van der Waals surface area contributed by atoms with Gasteiger partial charge in [0.05, 0.1) is 13.2 Å². The lowest BCUT2D eigenvalue weighted by molar-refractivity contribution is -0.125. The highest BCUT2D eigenvalue weighted by Gasteiger charge is 2.25. The molecule has 23 heavy (non-hydrogen) atoms. The molecule has 2 aromatic rings. The summed E-state index contributed by atoms with van der Waals surface area (Å²) >= 11 is 1.63. The Kier molecular flexibility index (Phi) is 6.01. The third-order valence-corrected chi connectivity index (χ3v) is 4.10. The predicted octanol–water partition coefficient (Wildman–Crippen LogP) is 3.38. The minimum Gasteiger partial charge on any atom is -0.494 e. The molecule has 0 aliphatic carbocycles. The SMILES string of the molecule is CCOc1ccc(NC2=NCC(=O)N2Cc2cccs2)cc1.Cl. The molecule has 1 amide bonds. The van der Waals surface area contributed by atoms with E-state index in [1.54, 1.807) is 16.2 Å². The van der Waals surface area contributed by atoms with Crippen LogP contribution in [0.5, 0.6) is 5.75 Å². The van der Waals surface area contributed by atoms with Crippen molar-refractivity contribution in [2.45, 2.75) is 13.5 Å². The number of aliphatic imine (C=N–C) groups is 1. The molecule has 0 radical (unpaired) electrons. The van der Waals surface area contributed by atoms with Crippen molar-refractivity contribution in [1.29, 1.82) is 0 Å². The quantitative estimate of drug-likeness (QED) is 0.898. The van der Waals surface area contributed by atoms with Crippen LogP contribution in [0.3, 0.4) is 0 Å². The number of benzene rings is 1. The van der Waals surface area contributed by atoms with Crippen molar-refractivity contribution in [2.24, 2.45) is 4.99 Å². The van der Waals surface area contributed by atoms with Gasteiger partial charge in [-0.1, -0.05) is 6.07 Å². The fraction of sp³-hybridized carbons (Fsp3) is 0.250. The maximum absolute atomic E-state index is 12.0. The highest BCUT2D eigenvalue weighted by atomic mass is 35.5. The van der Waals surface area contributed by atoms with Crippen molar-refractivity contribution in [1.82, 2.24) is 4.90 Å². The van der Waals surface area contributed by atoms with Crippen LogP contribution in [0.2, 0.25) is 0 Å². The van der Waals surface area contributed by atoms with E-state index in [4.69, 9.17) is 4.74 Å². The minimum absolute atomic E-state index is 0. The van der Waals surface area contributed by atoms with Crippen LogP contribution in [0.15, 0.2) is 46.8 Å². The second-order valence-corrected chi connectivity index (χ2v) is 5.81. The number of anilines is 1. The van der Waals surface area contributed by atoms with Crippen molar-refractivity contribution in [3.05, 3.63) is 46.7 Å². The Labute approximate surface area is 145 Å². The molecule has 0 bridgehead atoms. The van der Waals surface area contributed by atoms with E-state index in [0.717, 1.165) is 16.3 Å². The average Bonchev–Trinajstić information content (AvgIpc) is 3.15. The number of nitrogens with zero attached hydrogens (tertiary/aromatic N) is 2. The summed E-state index contributed by atoms with van der Waals surface area (Å²) in [6.07, 6.45) is 0. The monoisotopic (exact) mass is 351 g/mol. The molecule has 1 N–H and O–H groups in total. The van der Waals surface area contributed by atoms with E-state index >= 15 is 0 Å². The van der Waals surface area contributed by atoms with Gasteiger partial charge < -0.3 is 10.1 Å². The minimum atomic E-state index is 0. The van der Waals surface area contributed by atoms with Crippen LogP contribution >= 0.6 is 23.7 Å². The van der Waals surface area contributed by atoms with E-state index in [2.05, 4.69) is 10.3 Å². The van der Waals surface area contributed by atoms with E-state index in [1.165, 1.54) is 0 Å². The second-order valence-electron chi connectivity index (χ2n) is 4.78. The van der Waals surface area contributed by atoms with Crippen LogP contribution in [0, 0.1) is 0 Å². The van der Waals surface area contributed by atoms with Gasteiger partial charge in [-0.15, -0.1) is 23.7 Å². The van der Waals surface area contributed by atoms with Gasteiger partial charge in [-0.05, 0) is 42.6 Å². The summed E-state index contributed by atoms with van der Waals surface area (Å²) in [6.45, 7) is 3.35. The lowest BCUT2D eigenvalue weighted by Crippen LogP contribution is -2.36. The van der Waals surface area contributed by atoms with E-state index in [0.29, 0.717) is 19.1 Å². The van der Waals surface area contributed by atoms with Crippen molar-refractivity contribution < 1.29 is 9.53 Å². The molecular weight excluding hydrogens is 334 g/mol. The third kappa shape index (κ3) is 4.24. The number of halogens is 1. The van der Waals surface area contributed by atoms with Crippen LogP contribution in [-0.2, 0) is 11.3 Å². The summed E-state index contributed by atoms with van der Waals surface area (Å²) in [5.74, 6) is 1.44. The van der Waals surface area contributed by atoms with Crippen LogP contribution in [0.4, 0.5) is 5.69 Å². The van der Waals surface area contributed by atoms with Crippen molar-refractivity contribution in [2.75, 3.05) is 18.5 Å². The molecule has 0 unspecified atom stereocenters. The number of thiophene rings is 1. The number of rotatable bonds is 5. The first-order valence-corrected chi connectivity index (χ1v) is 8.01. The number of hydrogen-bond acceptors (Lipinski definition) is 5. The summed E-state index contributed by atoms with van der Waals surface area (Å²) in [6, 6.07) is 11.6. The summed E-state index contributed by atoms with van der Waals surface area (Å²) in [4.78, 5) is 19.1. The van der Waals surface area contributed by atoms with Crippen molar-refractivity contribution in [3.63, 3.8) is 0 Å². The summed E-state index contributed by atoms with van der Waals surface area (Å²) in [7, 11) is 0. The van der Waals surface area contributed by atoms with Crippen LogP contribution < -0.4 is 10.1 Å². The largest absolute Gasteiger partial charge is 0.494 e. The van der Waals surface area contributed by atoms with Crippen molar-refractivity contribution in [3.8, 4) is 5.75 Å². The molecule has 0 saturated heterocycles. The molecule has 1 aliphatic rings. The first kappa shape index (κ1) is 17.3. The molecule has 122 valence electrons. The van der Waals surface area contributed by atoms with Gasteiger partial charge in [0.25, 0.3) is 5.91 Å². The molecule has 3 rings (SSSR count). The Hall–Kier alpha value is -2.05. The summed E-state index contributed by atoms with van der Waals surface area (Å²) < 4.78 is 5.42. The third-order valence-electron chi connectivity index (χ3n) is 3.24. The molecule has 0 fully saturated rings. The van der Waals surface area contributed by atoms with Gasteiger partial charge in [0.1, 0.15) is 12.3 Å². The van der Waals surface area contributed by atoms with Gasteiger partial charge in [-0.2, -0.15) is 0 Å². The summed E-state index contributed by atoms with van der Waals surface area (Å²) in [5.41, 5.74) is 0.882. The molecule has 1 aromatic heterocycles. The zero-order valence-corrected chi connectivity index (χ0v) is 14.3. The maximum atomic E-state index is 12.0. The molecule has 5 nitrogen and oxygen atoms in total. The molecular formula is C16H18ClN3O2S. The number of hydrogen-bond donors (Lipinski definition) is 1. The van der Waals surface area contributed by atoms with Crippen LogP contribution in [0.25, 0.3) is 0 Å². The Bertz CT molecular complexity index is 671. The zero-order chi connectivity index (χ0) is 15.4. The maximum Gasteiger partial charge on any atom is 0.251 e. The Balaban J connectivity index is 0.00000192. The number of ether oxygens (including phenoxy) is 1. The molecule has 1 aromatic carbocycles. The first-order valence-electron chi connectivity index (χ1n) is 7.13. The Morgan fingerprint density at radius 1 is 1.30 bits per heavy atom. The van der Waals surface area contributed by atoms with Gasteiger partial charge in [0.2, 0.25) is 5.96 Å². The highest BCUT2D eigenvalue weighted by Crippen LogP contribution is 2.19. The Morgan fingerprint density at radius 2 is 2.09 bits per heavy atom. The number of nitrogens with one attached hydrogen (secondary N) is 1. The molecule has 0 spiro atoms. The van der Waals surface area contributed by atoms with E-state index in [-0.39, 0.29) is 24.9 Å². The Morgan fingerprint density at radius 3 is 2.74 bits per heavy atom. The molecule has 7 heteroatoms. The molecule has 0 atom stereocenters. The molecule has 2 heterocycles. The van der Waals surface area contributed by atoms with Gasteiger partial charge in [-0.25, -0.2) is 4.99 Å². The zero-order valence-electron chi connectivity index (χ0n) is 12.7. The van der Waals surface area contributed by atoms with Gasteiger partial charge in [0.15, 0.2) is 0 Å². The first-order chi connectivity index (χ1) is 10.8. The number of carbonyl (C=O) groups excluding carboxylic acids is 1. The fourth-order valence-electron chi connectivity index (χ4n) is 2.19. The van der Waals surface area contributed by atoms with Gasteiger partial charge in [-0.3, -0.25) is 9.69 Å². The number of guanidine groups is 1. The van der Waals surface area contributed by atoms with E-state index in [1.807, 2.05) is 48.7 Å². The lowest BCUT2D eigenvalue weighted by atomic mass is 10.3.